The Hall–Kier alpha value is -0.570. The Balaban J connectivity index is 3.73. The lowest BCUT2D eigenvalue weighted by atomic mass is 9.81. The highest BCUT2D eigenvalue weighted by molar-refractivity contribution is 5.67. The van der Waals surface area contributed by atoms with E-state index in [0.29, 0.717) is 6.54 Å². The van der Waals surface area contributed by atoms with Crippen molar-refractivity contribution in [2.75, 3.05) is 6.54 Å². The van der Waals surface area contributed by atoms with Gasteiger partial charge in [-0.3, -0.25) is 4.79 Å². The first-order valence-electron chi connectivity index (χ1n) is 5.96. The van der Waals surface area contributed by atoms with E-state index < -0.39 is 5.97 Å². The molecule has 0 saturated heterocycles. The molecule has 0 amide bonds. The lowest BCUT2D eigenvalue weighted by Gasteiger charge is -2.25. The van der Waals surface area contributed by atoms with Crippen LogP contribution in [0.25, 0.3) is 0 Å². The minimum atomic E-state index is -0.739. The minimum absolute atomic E-state index is 0.192. The van der Waals surface area contributed by atoms with E-state index in [1.165, 1.54) is 25.7 Å². The fourth-order valence-corrected chi connectivity index (χ4v) is 1.78. The summed E-state index contributed by atoms with van der Waals surface area (Å²) in [6, 6.07) is 0. The van der Waals surface area contributed by atoms with Crippen LogP contribution in [0.2, 0.25) is 0 Å². The normalized spacial score (nSPS) is 14.9. The van der Waals surface area contributed by atoms with Gasteiger partial charge in [0.2, 0.25) is 0 Å². The first kappa shape index (κ1) is 14.4. The second kappa shape index (κ2) is 7.69. The quantitative estimate of drug-likeness (QED) is 0.581. The fraction of sp³-hybridized carbons (Fsp3) is 0.917. The predicted octanol–water partition coefficient (Wildman–Crippen LogP) is 2.79. The van der Waals surface area contributed by atoms with Crippen molar-refractivity contribution in [3.05, 3.63) is 0 Å². The number of unbranched alkanes of at least 4 members (excludes halogenated alkanes) is 4. The Morgan fingerprint density at radius 3 is 2.33 bits per heavy atom. The van der Waals surface area contributed by atoms with Crippen molar-refractivity contribution >= 4 is 5.97 Å². The molecule has 0 aromatic carbocycles. The van der Waals surface area contributed by atoms with E-state index in [2.05, 4.69) is 6.92 Å². The minimum Gasteiger partial charge on any atom is -0.481 e. The third-order valence-electron chi connectivity index (χ3n) is 2.95. The maximum absolute atomic E-state index is 10.7. The average Bonchev–Trinajstić information content (AvgIpc) is 2.16. The Kier molecular flexibility index (Phi) is 7.39. The SMILES string of the molecule is CCCCCCCC(C)(CN)CC(=O)O. The summed E-state index contributed by atoms with van der Waals surface area (Å²) in [5, 5.41) is 8.77. The third-order valence-corrected chi connectivity index (χ3v) is 2.95. The molecule has 3 N–H and O–H groups in total. The first-order chi connectivity index (χ1) is 7.04. The van der Waals surface area contributed by atoms with Gasteiger partial charge in [-0.1, -0.05) is 46.0 Å². The maximum atomic E-state index is 10.7. The smallest absolute Gasteiger partial charge is 0.303 e. The molecule has 0 aliphatic heterocycles. The molecule has 0 saturated carbocycles. The fourth-order valence-electron chi connectivity index (χ4n) is 1.78. The zero-order chi connectivity index (χ0) is 11.7. The lowest BCUT2D eigenvalue weighted by molar-refractivity contribution is -0.139. The second-order valence-electron chi connectivity index (χ2n) is 4.75. The monoisotopic (exact) mass is 215 g/mol. The predicted molar refractivity (Wildman–Crippen MR) is 62.8 cm³/mol. The summed E-state index contributed by atoms with van der Waals surface area (Å²) >= 11 is 0. The first-order valence-corrected chi connectivity index (χ1v) is 5.96. The van der Waals surface area contributed by atoms with Crippen molar-refractivity contribution in [1.82, 2.24) is 0 Å². The molecular weight excluding hydrogens is 190 g/mol. The van der Waals surface area contributed by atoms with E-state index in [1.54, 1.807) is 0 Å². The van der Waals surface area contributed by atoms with Crippen molar-refractivity contribution in [2.24, 2.45) is 11.1 Å². The van der Waals surface area contributed by atoms with Crippen LogP contribution in [-0.4, -0.2) is 17.6 Å². The Labute approximate surface area is 93.0 Å². The van der Waals surface area contributed by atoms with Crippen LogP contribution in [0.1, 0.15) is 58.8 Å². The van der Waals surface area contributed by atoms with Crippen LogP contribution in [0.5, 0.6) is 0 Å². The molecule has 3 heteroatoms. The van der Waals surface area contributed by atoms with Crippen LogP contribution in [0.3, 0.4) is 0 Å². The molecule has 0 spiro atoms. The van der Waals surface area contributed by atoms with Crippen LogP contribution in [0.15, 0.2) is 0 Å². The van der Waals surface area contributed by atoms with E-state index in [-0.39, 0.29) is 11.8 Å². The number of carbonyl (C=O) groups is 1. The summed E-state index contributed by atoms with van der Waals surface area (Å²) in [6.07, 6.45) is 7.19. The summed E-state index contributed by atoms with van der Waals surface area (Å²) in [7, 11) is 0. The summed E-state index contributed by atoms with van der Waals surface area (Å²) in [5.74, 6) is -0.739. The van der Waals surface area contributed by atoms with E-state index >= 15 is 0 Å². The Bertz CT molecular complexity index is 182. The molecule has 1 atom stereocenters. The number of rotatable bonds is 9. The summed E-state index contributed by atoms with van der Waals surface area (Å²) in [5.41, 5.74) is 5.42. The van der Waals surface area contributed by atoms with Crippen molar-refractivity contribution < 1.29 is 9.90 Å². The molecule has 15 heavy (non-hydrogen) atoms. The van der Waals surface area contributed by atoms with Crippen LogP contribution < -0.4 is 5.73 Å². The van der Waals surface area contributed by atoms with Gasteiger partial charge in [0, 0.05) is 0 Å². The van der Waals surface area contributed by atoms with Crippen LogP contribution in [0.4, 0.5) is 0 Å². The van der Waals surface area contributed by atoms with Gasteiger partial charge in [0.15, 0.2) is 0 Å². The molecule has 0 rings (SSSR count). The van der Waals surface area contributed by atoms with Gasteiger partial charge in [-0.15, -0.1) is 0 Å². The number of hydrogen-bond acceptors (Lipinski definition) is 2. The molecule has 3 nitrogen and oxygen atoms in total. The van der Waals surface area contributed by atoms with Gasteiger partial charge < -0.3 is 10.8 Å². The van der Waals surface area contributed by atoms with Crippen molar-refractivity contribution in [1.29, 1.82) is 0 Å². The van der Waals surface area contributed by atoms with Crippen molar-refractivity contribution in [3.8, 4) is 0 Å². The topological polar surface area (TPSA) is 63.3 Å². The molecule has 0 radical (unpaired) electrons. The number of aliphatic carboxylic acids is 1. The number of nitrogens with two attached hydrogens (primary N) is 1. The highest BCUT2D eigenvalue weighted by Gasteiger charge is 2.25. The van der Waals surface area contributed by atoms with Crippen LogP contribution >= 0.6 is 0 Å². The molecular formula is C12H25NO2. The summed E-state index contributed by atoms with van der Waals surface area (Å²) in [6.45, 7) is 4.63. The van der Waals surface area contributed by atoms with E-state index in [1.807, 2.05) is 6.92 Å². The standard InChI is InChI=1S/C12H25NO2/c1-3-4-5-6-7-8-12(2,10-13)9-11(14)15/h3-10,13H2,1-2H3,(H,14,15). The molecule has 0 aliphatic rings. The zero-order valence-electron chi connectivity index (χ0n) is 10.1. The molecule has 0 bridgehead atoms. The second-order valence-corrected chi connectivity index (χ2v) is 4.75. The van der Waals surface area contributed by atoms with Gasteiger partial charge in [0.1, 0.15) is 0 Å². The zero-order valence-corrected chi connectivity index (χ0v) is 10.1. The van der Waals surface area contributed by atoms with Gasteiger partial charge in [0.25, 0.3) is 0 Å². The van der Waals surface area contributed by atoms with Crippen LogP contribution in [0, 0.1) is 5.41 Å². The van der Waals surface area contributed by atoms with Gasteiger partial charge in [-0.25, -0.2) is 0 Å². The van der Waals surface area contributed by atoms with Gasteiger partial charge in [-0.2, -0.15) is 0 Å². The molecule has 0 aromatic heterocycles. The van der Waals surface area contributed by atoms with Gasteiger partial charge in [0.05, 0.1) is 6.42 Å². The van der Waals surface area contributed by atoms with E-state index in [9.17, 15) is 4.79 Å². The number of hydrogen-bond donors (Lipinski definition) is 2. The molecule has 0 aromatic rings. The Morgan fingerprint density at radius 1 is 1.27 bits per heavy atom. The highest BCUT2D eigenvalue weighted by Crippen LogP contribution is 2.27. The highest BCUT2D eigenvalue weighted by atomic mass is 16.4. The van der Waals surface area contributed by atoms with E-state index in [0.717, 1.165) is 12.8 Å². The lowest BCUT2D eigenvalue weighted by Crippen LogP contribution is -2.29. The Morgan fingerprint density at radius 2 is 1.87 bits per heavy atom. The van der Waals surface area contributed by atoms with E-state index in [4.69, 9.17) is 10.8 Å². The summed E-state index contributed by atoms with van der Waals surface area (Å²) < 4.78 is 0. The third kappa shape index (κ3) is 7.37. The average molecular weight is 215 g/mol. The molecule has 0 fully saturated rings. The van der Waals surface area contributed by atoms with Crippen molar-refractivity contribution in [2.45, 2.75) is 58.8 Å². The molecule has 0 heterocycles. The maximum Gasteiger partial charge on any atom is 0.303 e. The number of carboxylic acid groups (broad SMARTS) is 1. The summed E-state index contributed by atoms with van der Waals surface area (Å²) in [4.78, 5) is 10.7. The van der Waals surface area contributed by atoms with Crippen molar-refractivity contribution in [3.63, 3.8) is 0 Å². The molecule has 1 unspecified atom stereocenters. The largest absolute Gasteiger partial charge is 0.481 e. The van der Waals surface area contributed by atoms with Crippen LogP contribution in [-0.2, 0) is 4.79 Å². The van der Waals surface area contributed by atoms with Gasteiger partial charge >= 0.3 is 5.97 Å². The van der Waals surface area contributed by atoms with Gasteiger partial charge in [-0.05, 0) is 18.4 Å². The molecule has 0 aliphatic carbocycles. The number of carboxylic acids is 1. The molecule has 90 valence electrons.